The summed E-state index contributed by atoms with van der Waals surface area (Å²) in [4.78, 5) is 16.4. The molecule has 0 atom stereocenters. The minimum Gasteiger partial charge on any atom is -0.344 e. The number of anilines is 2. The summed E-state index contributed by atoms with van der Waals surface area (Å²) < 4.78 is 0. The molecule has 0 radical (unpaired) electrons. The molecule has 4 rings (SSSR count). The number of hydrogen-bond acceptors (Lipinski definition) is 4. The maximum atomic E-state index is 4.98. The average molecular weight is 451 g/mol. The molecule has 4 aromatic rings. The minimum absolute atomic E-state index is 0.731. The standard InChI is InChI=1S/C30H34N4/c1-17-10-12-25(13-11-17)34(9)28-23(7)21(5)27(22(6)24(28)8)30-32-16-31-29(33-30)26-19(3)14-18(2)15-20(26)4/h10-16H,1-9H3. The average Bonchev–Trinajstić information content (AvgIpc) is 2.78. The van der Waals surface area contributed by atoms with E-state index in [4.69, 9.17) is 4.98 Å². The van der Waals surface area contributed by atoms with E-state index >= 15 is 0 Å². The molecule has 0 spiro atoms. The predicted octanol–water partition coefficient (Wildman–Crippen LogP) is 7.44. The molecule has 0 amide bonds. The van der Waals surface area contributed by atoms with Gasteiger partial charge in [-0.3, -0.25) is 0 Å². The van der Waals surface area contributed by atoms with Crippen molar-refractivity contribution in [2.45, 2.75) is 55.4 Å². The lowest BCUT2D eigenvalue weighted by Gasteiger charge is -2.28. The lowest BCUT2D eigenvalue weighted by Crippen LogP contribution is -2.15. The first kappa shape index (κ1) is 23.6. The first-order chi connectivity index (χ1) is 16.1. The third-order valence-corrected chi connectivity index (χ3v) is 7.04. The van der Waals surface area contributed by atoms with Crippen molar-refractivity contribution in [3.8, 4) is 22.8 Å². The highest BCUT2D eigenvalue weighted by atomic mass is 15.1. The van der Waals surface area contributed by atoms with E-state index in [2.05, 4.69) is 114 Å². The molecule has 0 N–H and O–H groups in total. The maximum absolute atomic E-state index is 4.98. The van der Waals surface area contributed by atoms with E-state index in [-0.39, 0.29) is 0 Å². The maximum Gasteiger partial charge on any atom is 0.163 e. The Morgan fingerprint density at radius 1 is 0.588 bits per heavy atom. The van der Waals surface area contributed by atoms with Gasteiger partial charge in [-0.1, -0.05) is 35.4 Å². The van der Waals surface area contributed by atoms with E-state index in [9.17, 15) is 0 Å². The highest BCUT2D eigenvalue weighted by Gasteiger charge is 2.21. The monoisotopic (exact) mass is 450 g/mol. The van der Waals surface area contributed by atoms with Gasteiger partial charge in [0.25, 0.3) is 0 Å². The van der Waals surface area contributed by atoms with Crippen molar-refractivity contribution >= 4 is 11.4 Å². The van der Waals surface area contributed by atoms with Gasteiger partial charge in [0.1, 0.15) is 6.33 Å². The van der Waals surface area contributed by atoms with E-state index in [1.165, 1.54) is 55.9 Å². The molecule has 1 aromatic heterocycles. The summed E-state index contributed by atoms with van der Waals surface area (Å²) in [6.45, 7) is 17.2. The third-order valence-electron chi connectivity index (χ3n) is 7.04. The summed E-state index contributed by atoms with van der Waals surface area (Å²) in [5.41, 5.74) is 14.4. The third kappa shape index (κ3) is 4.09. The van der Waals surface area contributed by atoms with E-state index in [0.717, 1.165) is 22.8 Å². The number of rotatable bonds is 4. The van der Waals surface area contributed by atoms with Gasteiger partial charge in [0.2, 0.25) is 0 Å². The Bertz CT molecular complexity index is 1330. The molecule has 0 bridgehead atoms. The predicted molar refractivity (Wildman–Crippen MR) is 143 cm³/mol. The highest BCUT2D eigenvalue weighted by Crippen LogP contribution is 2.40. The number of aromatic nitrogens is 3. The fourth-order valence-electron chi connectivity index (χ4n) is 5.10. The Hall–Kier alpha value is -3.53. The summed E-state index contributed by atoms with van der Waals surface area (Å²) in [7, 11) is 2.14. The summed E-state index contributed by atoms with van der Waals surface area (Å²) in [5, 5.41) is 0. The molecule has 1 heterocycles. The number of nitrogens with zero attached hydrogens (tertiary/aromatic N) is 4. The van der Waals surface area contributed by atoms with Crippen molar-refractivity contribution in [2.75, 3.05) is 11.9 Å². The Labute approximate surface area is 203 Å². The van der Waals surface area contributed by atoms with Gasteiger partial charge in [-0.05, 0) is 101 Å². The van der Waals surface area contributed by atoms with Crippen LogP contribution in [0.2, 0.25) is 0 Å². The van der Waals surface area contributed by atoms with Gasteiger partial charge in [-0.2, -0.15) is 0 Å². The first-order valence-corrected chi connectivity index (χ1v) is 11.8. The lowest BCUT2D eigenvalue weighted by molar-refractivity contribution is 1.04. The van der Waals surface area contributed by atoms with Crippen molar-refractivity contribution in [1.29, 1.82) is 0 Å². The van der Waals surface area contributed by atoms with Crippen LogP contribution < -0.4 is 4.90 Å². The Morgan fingerprint density at radius 3 is 1.62 bits per heavy atom. The van der Waals surface area contributed by atoms with Crippen LogP contribution in [0.5, 0.6) is 0 Å². The van der Waals surface area contributed by atoms with Crippen LogP contribution in [0.1, 0.15) is 44.5 Å². The number of benzene rings is 3. The normalized spacial score (nSPS) is 11.1. The van der Waals surface area contributed by atoms with E-state index in [1.807, 2.05) is 0 Å². The smallest absolute Gasteiger partial charge is 0.163 e. The zero-order valence-corrected chi connectivity index (χ0v) is 21.8. The van der Waals surface area contributed by atoms with Crippen molar-refractivity contribution in [1.82, 2.24) is 15.0 Å². The summed E-state index contributed by atoms with van der Waals surface area (Å²) in [6.07, 6.45) is 1.65. The molecule has 0 aliphatic rings. The SMILES string of the molecule is Cc1ccc(N(C)c2c(C)c(C)c(-c3ncnc(-c4c(C)cc(C)cc4C)n3)c(C)c2C)cc1. The molecule has 4 heteroatoms. The fourth-order valence-corrected chi connectivity index (χ4v) is 5.10. The summed E-state index contributed by atoms with van der Waals surface area (Å²) in [5.74, 6) is 1.46. The van der Waals surface area contributed by atoms with Crippen LogP contribution in [0.25, 0.3) is 22.8 Å². The van der Waals surface area contributed by atoms with Crippen molar-refractivity contribution in [3.63, 3.8) is 0 Å². The molecule has 0 saturated carbocycles. The van der Waals surface area contributed by atoms with Crippen LogP contribution in [0.15, 0.2) is 42.7 Å². The van der Waals surface area contributed by atoms with Gasteiger partial charge in [0.05, 0.1) is 0 Å². The van der Waals surface area contributed by atoms with Crippen LogP contribution >= 0.6 is 0 Å². The molecule has 0 saturated heterocycles. The molecule has 0 unspecified atom stereocenters. The zero-order chi connectivity index (χ0) is 24.7. The second-order valence-corrected chi connectivity index (χ2v) is 9.52. The van der Waals surface area contributed by atoms with Crippen LogP contribution in [0, 0.1) is 55.4 Å². The Kier molecular flexibility index (Phi) is 6.26. The van der Waals surface area contributed by atoms with Crippen LogP contribution in [0.4, 0.5) is 11.4 Å². The molecule has 3 aromatic carbocycles. The highest BCUT2D eigenvalue weighted by molar-refractivity contribution is 5.80. The minimum atomic E-state index is 0.731. The quantitative estimate of drug-likeness (QED) is 0.324. The molecule has 0 aliphatic heterocycles. The van der Waals surface area contributed by atoms with E-state index < -0.39 is 0 Å². The number of aryl methyl sites for hydroxylation is 4. The summed E-state index contributed by atoms with van der Waals surface area (Å²) in [6, 6.07) is 13.0. The lowest BCUT2D eigenvalue weighted by atomic mass is 9.90. The molecular formula is C30H34N4. The molecule has 174 valence electrons. The van der Waals surface area contributed by atoms with E-state index in [1.54, 1.807) is 6.33 Å². The van der Waals surface area contributed by atoms with Crippen LogP contribution in [-0.4, -0.2) is 22.0 Å². The molecule has 34 heavy (non-hydrogen) atoms. The molecule has 0 aliphatic carbocycles. The van der Waals surface area contributed by atoms with Crippen LogP contribution in [-0.2, 0) is 0 Å². The fraction of sp³-hybridized carbons (Fsp3) is 0.300. The van der Waals surface area contributed by atoms with Crippen molar-refractivity contribution in [2.24, 2.45) is 0 Å². The van der Waals surface area contributed by atoms with Gasteiger partial charge < -0.3 is 4.90 Å². The van der Waals surface area contributed by atoms with Gasteiger partial charge in [-0.25, -0.2) is 15.0 Å². The van der Waals surface area contributed by atoms with Gasteiger partial charge in [0.15, 0.2) is 11.6 Å². The molecule has 4 nitrogen and oxygen atoms in total. The number of hydrogen-bond donors (Lipinski definition) is 0. The van der Waals surface area contributed by atoms with Crippen molar-refractivity contribution < 1.29 is 0 Å². The second kappa shape index (κ2) is 9.02. The second-order valence-electron chi connectivity index (χ2n) is 9.52. The summed E-state index contributed by atoms with van der Waals surface area (Å²) >= 11 is 0. The Balaban J connectivity index is 1.86. The molecule has 0 fully saturated rings. The van der Waals surface area contributed by atoms with Crippen molar-refractivity contribution in [3.05, 3.63) is 87.2 Å². The molecular weight excluding hydrogens is 416 g/mol. The first-order valence-electron chi connectivity index (χ1n) is 11.8. The topological polar surface area (TPSA) is 41.9 Å². The zero-order valence-electron chi connectivity index (χ0n) is 21.8. The van der Waals surface area contributed by atoms with Gasteiger partial charge in [0, 0.05) is 29.5 Å². The largest absolute Gasteiger partial charge is 0.344 e. The van der Waals surface area contributed by atoms with Gasteiger partial charge >= 0.3 is 0 Å². The van der Waals surface area contributed by atoms with Crippen LogP contribution in [0.3, 0.4) is 0 Å². The Morgan fingerprint density at radius 2 is 1.09 bits per heavy atom. The van der Waals surface area contributed by atoms with E-state index in [0.29, 0.717) is 0 Å². The van der Waals surface area contributed by atoms with Gasteiger partial charge in [-0.15, -0.1) is 0 Å².